The topological polar surface area (TPSA) is 63.6 Å². The SMILES string of the molecule is COc1cc(C(CP)Nc2cccnc2)cc(OC)c1CO. The molecule has 0 saturated heterocycles. The predicted molar refractivity (Wildman–Crippen MR) is 90.6 cm³/mol. The fourth-order valence-electron chi connectivity index (χ4n) is 2.29. The van der Waals surface area contributed by atoms with Gasteiger partial charge < -0.3 is 19.9 Å². The number of benzene rings is 1. The summed E-state index contributed by atoms with van der Waals surface area (Å²) >= 11 is 0. The largest absolute Gasteiger partial charge is 0.496 e. The van der Waals surface area contributed by atoms with E-state index in [0.717, 1.165) is 17.4 Å². The summed E-state index contributed by atoms with van der Waals surface area (Å²) in [5.41, 5.74) is 2.61. The van der Waals surface area contributed by atoms with Crippen molar-refractivity contribution in [3.63, 3.8) is 0 Å². The number of pyridine rings is 1. The lowest BCUT2D eigenvalue weighted by atomic mass is 10.0. The Balaban J connectivity index is 2.36. The lowest BCUT2D eigenvalue weighted by Gasteiger charge is -2.21. The number of hydrogen-bond donors (Lipinski definition) is 2. The van der Waals surface area contributed by atoms with Crippen molar-refractivity contribution in [3.8, 4) is 11.5 Å². The second-order valence-electron chi connectivity index (χ2n) is 4.74. The van der Waals surface area contributed by atoms with E-state index in [1.54, 1.807) is 26.6 Å². The summed E-state index contributed by atoms with van der Waals surface area (Å²) in [6, 6.07) is 7.76. The first-order valence-electron chi connectivity index (χ1n) is 6.95. The van der Waals surface area contributed by atoms with Gasteiger partial charge >= 0.3 is 0 Å². The molecular formula is C16H21N2O3P. The Morgan fingerprint density at radius 2 is 1.95 bits per heavy atom. The van der Waals surface area contributed by atoms with Gasteiger partial charge in [-0.05, 0) is 36.0 Å². The Morgan fingerprint density at radius 3 is 2.41 bits per heavy atom. The normalized spacial score (nSPS) is 11.8. The maximum Gasteiger partial charge on any atom is 0.128 e. The predicted octanol–water partition coefficient (Wildman–Crippen LogP) is 2.62. The Morgan fingerprint density at radius 1 is 1.27 bits per heavy atom. The Hall–Kier alpha value is -1.84. The number of methoxy groups -OCH3 is 2. The maximum absolute atomic E-state index is 9.50. The van der Waals surface area contributed by atoms with Gasteiger partial charge in [-0.1, -0.05) is 0 Å². The number of aromatic nitrogens is 1. The average molecular weight is 320 g/mol. The van der Waals surface area contributed by atoms with Gasteiger partial charge in [-0.2, -0.15) is 0 Å². The van der Waals surface area contributed by atoms with Crippen LogP contribution in [0, 0.1) is 0 Å². The van der Waals surface area contributed by atoms with Crippen LogP contribution in [0.25, 0.3) is 0 Å². The first-order valence-corrected chi connectivity index (χ1v) is 7.77. The van der Waals surface area contributed by atoms with E-state index in [0.29, 0.717) is 17.1 Å². The van der Waals surface area contributed by atoms with Crippen molar-refractivity contribution in [3.05, 3.63) is 47.8 Å². The quantitative estimate of drug-likeness (QED) is 0.768. The highest BCUT2D eigenvalue weighted by atomic mass is 31.0. The molecule has 0 amide bonds. The van der Waals surface area contributed by atoms with Gasteiger partial charge in [0.1, 0.15) is 11.5 Å². The van der Waals surface area contributed by atoms with E-state index >= 15 is 0 Å². The van der Waals surface area contributed by atoms with Crippen molar-refractivity contribution in [1.29, 1.82) is 0 Å². The number of nitrogens with zero attached hydrogens (tertiary/aromatic N) is 1. The fourth-order valence-corrected chi connectivity index (χ4v) is 2.68. The third kappa shape index (κ3) is 3.67. The van der Waals surface area contributed by atoms with Crippen molar-refractivity contribution in [2.45, 2.75) is 12.6 Å². The van der Waals surface area contributed by atoms with E-state index in [4.69, 9.17) is 9.47 Å². The molecule has 0 fully saturated rings. The summed E-state index contributed by atoms with van der Waals surface area (Å²) in [6.45, 7) is -0.131. The van der Waals surface area contributed by atoms with Crippen LogP contribution in [-0.4, -0.2) is 30.5 Å². The van der Waals surface area contributed by atoms with E-state index < -0.39 is 0 Å². The molecule has 2 atom stereocenters. The minimum Gasteiger partial charge on any atom is -0.496 e. The first kappa shape index (κ1) is 16.5. The van der Waals surface area contributed by atoms with Crippen molar-refractivity contribution >= 4 is 14.9 Å². The minimum absolute atomic E-state index is 0.0599. The molecule has 1 aromatic heterocycles. The zero-order valence-corrected chi connectivity index (χ0v) is 13.9. The monoisotopic (exact) mass is 320 g/mol. The summed E-state index contributed by atoms with van der Waals surface area (Å²) in [6.07, 6.45) is 4.33. The van der Waals surface area contributed by atoms with Crippen LogP contribution in [0.4, 0.5) is 5.69 Å². The van der Waals surface area contributed by atoms with Crippen LogP contribution in [-0.2, 0) is 6.61 Å². The van der Waals surface area contributed by atoms with Crippen LogP contribution in [0.15, 0.2) is 36.7 Å². The summed E-state index contributed by atoms with van der Waals surface area (Å²) in [4.78, 5) is 4.11. The summed E-state index contributed by atoms with van der Waals surface area (Å²) in [7, 11) is 5.91. The summed E-state index contributed by atoms with van der Waals surface area (Å²) < 4.78 is 10.8. The van der Waals surface area contributed by atoms with Crippen LogP contribution >= 0.6 is 9.24 Å². The molecule has 2 N–H and O–H groups in total. The third-order valence-corrected chi connectivity index (χ3v) is 3.90. The molecule has 22 heavy (non-hydrogen) atoms. The second-order valence-corrected chi connectivity index (χ2v) is 5.21. The molecule has 2 unspecified atom stereocenters. The number of rotatable bonds is 7. The van der Waals surface area contributed by atoms with E-state index in [1.807, 2.05) is 24.3 Å². The van der Waals surface area contributed by atoms with Crippen molar-refractivity contribution in [2.24, 2.45) is 0 Å². The van der Waals surface area contributed by atoms with Crippen LogP contribution in [0.2, 0.25) is 0 Å². The second kappa shape index (κ2) is 7.97. The summed E-state index contributed by atoms with van der Waals surface area (Å²) in [5, 5.41) is 12.9. The zero-order valence-electron chi connectivity index (χ0n) is 12.7. The smallest absolute Gasteiger partial charge is 0.128 e. The molecule has 1 aromatic carbocycles. The molecule has 5 nitrogen and oxygen atoms in total. The van der Waals surface area contributed by atoms with Crippen molar-refractivity contribution in [2.75, 3.05) is 25.7 Å². The van der Waals surface area contributed by atoms with Gasteiger partial charge in [-0.3, -0.25) is 4.98 Å². The van der Waals surface area contributed by atoms with Crippen LogP contribution < -0.4 is 14.8 Å². The fraction of sp³-hybridized carbons (Fsp3) is 0.312. The molecule has 0 saturated carbocycles. The Labute approximate surface area is 132 Å². The minimum atomic E-state index is -0.131. The number of aliphatic hydroxyl groups excluding tert-OH is 1. The number of aliphatic hydroxyl groups is 1. The average Bonchev–Trinajstić information content (AvgIpc) is 2.59. The number of anilines is 1. The molecule has 2 aromatic rings. The third-order valence-electron chi connectivity index (χ3n) is 3.43. The first-order chi connectivity index (χ1) is 10.7. The number of nitrogens with one attached hydrogen (secondary N) is 1. The van der Waals surface area contributed by atoms with Gasteiger partial charge in [-0.25, -0.2) is 0 Å². The zero-order chi connectivity index (χ0) is 15.9. The molecule has 118 valence electrons. The van der Waals surface area contributed by atoms with Gasteiger partial charge in [0.2, 0.25) is 0 Å². The molecule has 0 radical (unpaired) electrons. The Bertz CT molecular complexity index is 583. The number of hydrogen-bond acceptors (Lipinski definition) is 5. The van der Waals surface area contributed by atoms with E-state index in [-0.39, 0.29) is 12.6 Å². The van der Waals surface area contributed by atoms with E-state index in [9.17, 15) is 5.11 Å². The lowest BCUT2D eigenvalue weighted by molar-refractivity contribution is 0.265. The Kier molecular flexibility index (Phi) is 5.99. The molecule has 0 aliphatic rings. The molecule has 2 rings (SSSR count). The van der Waals surface area contributed by atoms with Gasteiger partial charge in [0.25, 0.3) is 0 Å². The molecule has 1 heterocycles. The molecule has 0 aliphatic carbocycles. The van der Waals surface area contributed by atoms with Gasteiger partial charge in [0.15, 0.2) is 0 Å². The van der Waals surface area contributed by atoms with Crippen LogP contribution in [0.3, 0.4) is 0 Å². The van der Waals surface area contributed by atoms with Crippen molar-refractivity contribution < 1.29 is 14.6 Å². The molecule has 0 spiro atoms. The highest BCUT2D eigenvalue weighted by Crippen LogP contribution is 2.34. The maximum atomic E-state index is 9.50. The summed E-state index contributed by atoms with van der Waals surface area (Å²) in [5.74, 6) is 1.24. The number of ether oxygens (including phenoxy) is 2. The van der Waals surface area contributed by atoms with E-state index in [1.165, 1.54) is 0 Å². The van der Waals surface area contributed by atoms with Gasteiger partial charge in [0, 0.05) is 12.4 Å². The van der Waals surface area contributed by atoms with Crippen LogP contribution in [0.1, 0.15) is 17.2 Å². The molecule has 0 bridgehead atoms. The molecular weight excluding hydrogens is 299 g/mol. The lowest BCUT2D eigenvalue weighted by Crippen LogP contribution is -2.13. The van der Waals surface area contributed by atoms with Crippen LogP contribution in [0.5, 0.6) is 11.5 Å². The van der Waals surface area contributed by atoms with Crippen molar-refractivity contribution in [1.82, 2.24) is 4.98 Å². The van der Waals surface area contributed by atoms with Gasteiger partial charge in [0.05, 0.1) is 38.1 Å². The molecule has 0 aliphatic heterocycles. The van der Waals surface area contributed by atoms with E-state index in [2.05, 4.69) is 19.5 Å². The standard InChI is InChI=1S/C16H21N2O3P/c1-20-15-6-11(7-16(21-2)13(15)9-19)14(10-22)18-12-4-3-5-17-8-12/h3-8,14,18-19H,9-10,22H2,1-2H3. The highest BCUT2D eigenvalue weighted by Gasteiger charge is 2.17. The van der Waals surface area contributed by atoms with Gasteiger partial charge in [-0.15, -0.1) is 9.24 Å². The molecule has 6 heteroatoms. The highest BCUT2D eigenvalue weighted by molar-refractivity contribution is 7.16.